The topological polar surface area (TPSA) is 65.7 Å². The molecule has 1 heterocycles. The number of rotatable bonds is 5. The fourth-order valence-electron chi connectivity index (χ4n) is 3.21. The summed E-state index contributed by atoms with van der Waals surface area (Å²) in [6.45, 7) is 2.00. The Morgan fingerprint density at radius 1 is 1.00 bits per heavy atom. The van der Waals surface area contributed by atoms with Crippen molar-refractivity contribution in [3.8, 4) is 22.8 Å². The second-order valence-electron chi connectivity index (χ2n) is 6.90. The van der Waals surface area contributed by atoms with Crippen LogP contribution in [-0.2, 0) is 6.42 Å². The average Bonchev–Trinajstić information content (AvgIpc) is 2.81. The molecule has 0 aliphatic rings. The van der Waals surface area contributed by atoms with Gasteiger partial charge in [-0.2, -0.15) is 0 Å². The molecule has 4 rings (SSSR count). The van der Waals surface area contributed by atoms with Gasteiger partial charge in [0.1, 0.15) is 11.3 Å². The molecule has 0 spiro atoms. The molecule has 0 amide bonds. The Hall–Kier alpha value is -3.57. The summed E-state index contributed by atoms with van der Waals surface area (Å²) in [5.41, 5.74) is 1.83. The summed E-state index contributed by atoms with van der Waals surface area (Å²) in [6.07, 6.45) is 0.759. The molecule has 3 aromatic carbocycles. The van der Waals surface area contributed by atoms with Gasteiger partial charge in [0.2, 0.25) is 11.2 Å². The van der Waals surface area contributed by atoms with E-state index in [0.29, 0.717) is 27.3 Å². The summed E-state index contributed by atoms with van der Waals surface area (Å²) >= 11 is 5.90. The van der Waals surface area contributed by atoms with Crippen molar-refractivity contribution < 1.29 is 18.7 Å². The zero-order valence-corrected chi connectivity index (χ0v) is 17.7. The van der Waals surface area contributed by atoms with Gasteiger partial charge in [0.05, 0.1) is 18.1 Å². The van der Waals surface area contributed by atoms with Crippen LogP contribution in [0.4, 0.5) is 0 Å². The van der Waals surface area contributed by atoms with E-state index in [4.69, 9.17) is 25.5 Å². The number of esters is 1. The maximum atomic E-state index is 13.4. The molecular formula is C25H19ClO5. The molecule has 0 saturated carbocycles. The van der Waals surface area contributed by atoms with Gasteiger partial charge in [-0.05, 0) is 72.6 Å². The largest absolute Gasteiger partial charge is 0.497 e. The molecule has 1 aromatic heterocycles. The van der Waals surface area contributed by atoms with Crippen molar-refractivity contribution in [3.05, 3.63) is 93.1 Å². The Balaban J connectivity index is 1.88. The lowest BCUT2D eigenvalue weighted by molar-refractivity contribution is 0.0731. The van der Waals surface area contributed by atoms with Crippen LogP contribution in [0.15, 0.2) is 75.9 Å². The molecule has 0 unspecified atom stereocenters. The van der Waals surface area contributed by atoms with Gasteiger partial charge in [-0.15, -0.1) is 0 Å². The maximum Gasteiger partial charge on any atom is 0.343 e. The smallest absolute Gasteiger partial charge is 0.343 e. The molecule has 0 N–H and O–H groups in total. The first-order valence-corrected chi connectivity index (χ1v) is 10.1. The van der Waals surface area contributed by atoms with Gasteiger partial charge >= 0.3 is 5.97 Å². The zero-order chi connectivity index (χ0) is 22.0. The lowest BCUT2D eigenvalue weighted by Gasteiger charge is -2.12. The Bertz CT molecular complexity index is 1310. The number of hydrogen-bond acceptors (Lipinski definition) is 5. The van der Waals surface area contributed by atoms with Crippen molar-refractivity contribution in [1.82, 2.24) is 0 Å². The van der Waals surface area contributed by atoms with Crippen LogP contribution in [0.3, 0.4) is 0 Å². The van der Waals surface area contributed by atoms with Crippen molar-refractivity contribution in [2.24, 2.45) is 0 Å². The van der Waals surface area contributed by atoms with E-state index in [1.54, 1.807) is 55.6 Å². The number of ether oxygens (including phenoxy) is 2. The number of methoxy groups -OCH3 is 1. The molecular weight excluding hydrogens is 416 g/mol. The van der Waals surface area contributed by atoms with Crippen molar-refractivity contribution in [3.63, 3.8) is 0 Å². The minimum Gasteiger partial charge on any atom is -0.497 e. The number of hydrogen-bond donors (Lipinski definition) is 0. The minimum absolute atomic E-state index is 0.161. The lowest BCUT2D eigenvalue weighted by atomic mass is 10.1. The molecule has 5 nitrogen and oxygen atoms in total. The highest BCUT2D eigenvalue weighted by Gasteiger charge is 2.21. The molecule has 0 aliphatic carbocycles. The van der Waals surface area contributed by atoms with E-state index in [1.807, 2.05) is 13.0 Å². The molecule has 0 atom stereocenters. The molecule has 0 aliphatic heterocycles. The van der Waals surface area contributed by atoms with Crippen LogP contribution in [0.25, 0.3) is 22.3 Å². The molecule has 31 heavy (non-hydrogen) atoms. The van der Waals surface area contributed by atoms with E-state index in [-0.39, 0.29) is 17.1 Å². The third-order valence-electron chi connectivity index (χ3n) is 4.95. The number of benzene rings is 3. The van der Waals surface area contributed by atoms with Gasteiger partial charge in [-0.25, -0.2) is 4.79 Å². The average molecular weight is 435 g/mol. The first kappa shape index (κ1) is 20.7. The quantitative estimate of drug-likeness (QED) is 0.366. The van der Waals surface area contributed by atoms with Crippen LogP contribution < -0.4 is 14.9 Å². The summed E-state index contributed by atoms with van der Waals surface area (Å²) in [5, 5.41) is 0.850. The lowest BCUT2D eigenvalue weighted by Crippen LogP contribution is -2.16. The molecule has 0 radical (unpaired) electrons. The van der Waals surface area contributed by atoms with Crippen molar-refractivity contribution in [2.45, 2.75) is 13.3 Å². The highest BCUT2D eigenvalue weighted by atomic mass is 35.5. The summed E-state index contributed by atoms with van der Waals surface area (Å²) in [4.78, 5) is 26.1. The summed E-state index contributed by atoms with van der Waals surface area (Å²) in [6, 6.07) is 18.6. The highest BCUT2D eigenvalue weighted by Crippen LogP contribution is 2.32. The Kier molecular flexibility index (Phi) is 5.78. The van der Waals surface area contributed by atoms with Gasteiger partial charge in [0, 0.05) is 10.6 Å². The molecule has 0 saturated heterocycles. The number of aryl methyl sites for hydroxylation is 1. The molecule has 0 bridgehead atoms. The number of carbonyl (C=O) groups is 1. The second-order valence-corrected chi connectivity index (χ2v) is 7.33. The van der Waals surface area contributed by atoms with Crippen molar-refractivity contribution in [2.75, 3.05) is 7.11 Å². The fraction of sp³-hybridized carbons (Fsp3) is 0.120. The first-order valence-electron chi connectivity index (χ1n) is 9.72. The van der Waals surface area contributed by atoms with E-state index < -0.39 is 11.4 Å². The Morgan fingerprint density at radius 3 is 2.35 bits per heavy atom. The van der Waals surface area contributed by atoms with Crippen LogP contribution >= 0.6 is 11.6 Å². The van der Waals surface area contributed by atoms with Crippen LogP contribution in [0, 0.1) is 0 Å². The molecule has 0 fully saturated rings. The van der Waals surface area contributed by atoms with Gasteiger partial charge < -0.3 is 13.9 Å². The third-order valence-corrected chi connectivity index (χ3v) is 5.20. The van der Waals surface area contributed by atoms with E-state index in [2.05, 4.69) is 0 Å². The number of fused-ring (bicyclic) bond motifs is 1. The Morgan fingerprint density at radius 2 is 1.71 bits per heavy atom. The van der Waals surface area contributed by atoms with Crippen LogP contribution in [0.5, 0.6) is 11.5 Å². The zero-order valence-electron chi connectivity index (χ0n) is 17.0. The van der Waals surface area contributed by atoms with E-state index in [0.717, 1.165) is 12.0 Å². The molecule has 4 aromatic rings. The van der Waals surface area contributed by atoms with Gasteiger partial charge in [-0.3, -0.25) is 4.79 Å². The van der Waals surface area contributed by atoms with Gasteiger partial charge in [0.25, 0.3) is 0 Å². The predicted octanol–water partition coefficient (Wildman–Crippen LogP) is 5.90. The van der Waals surface area contributed by atoms with Gasteiger partial charge in [-0.1, -0.05) is 24.6 Å². The monoisotopic (exact) mass is 434 g/mol. The molecule has 6 heteroatoms. The SMILES string of the molecule is CCc1ccc2oc(-c3ccc(OC)cc3)c(OC(=O)c3ccc(Cl)cc3)c(=O)c2c1. The van der Waals surface area contributed by atoms with E-state index in [9.17, 15) is 9.59 Å². The van der Waals surface area contributed by atoms with Crippen molar-refractivity contribution in [1.29, 1.82) is 0 Å². The second kappa shape index (κ2) is 8.66. The fourth-order valence-corrected chi connectivity index (χ4v) is 3.33. The van der Waals surface area contributed by atoms with Gasteiger partial charge in [0.15, 0.2) is 5.76 Å². The summed E-state index contributed by atoms with van der Waals surface area (Å²) < 4.78 is 16.8. The summed E-state index contributed by atoms with van der Waals surface area (Å²) in [7, 11) is 1.57. The minimum atomic E-state index is -0.676. The summed E-state index contributed by atoms with van der Waals surface area (Å²) in [5.74, 6) is -0.0125. The van der Waals surface area contributed by atoms with Crippen LogP contribution in [-0.4, -0.2) is 13.1 Å². The van der Waals surface area contributed by atoms with E-state index in [1.165, 1.54) is 12.1 Å². The number of halogens is 1. The van der Waals surface area contributed by atoms with Crippen molar-refractivity contribution >= 4 is 28.5 Å². The number of carbonyl (C=O) groups excluding carboxylic acids is 1. The normalized spacial score (nSPS) is 10.8. The highest BCUT2D eigenvalue weighted by molar-refractivity contribution is 6.30. The van der Waals surface area contributed by atoms with Crippen LogP contribution in [0.1, 0.15) is 22.8 Å². The standard InChI is InChI=1S/C25H19ClO5/c1-3-15-4-13-21-20(14-15)22(27)24(31-25(28)17-5-9-18(26)10-6-17)23(30-21)16-7-11-19(29-2)12-8-16/h4-14H,3H2,1-2H3. The first-order chi connectivity index (χ1) is 15.0. The maximum absolute atomic E-state index is 13.4. The van der Waals surface area contributed by atoms with Crippen LogP contribution in [0.2, 0.25) is 5.02 Å². The molecule has 156 valence electrons. The van der Waals surface area contributed by atoms with E-state index >= 15 is 0 Å². The predicted molar refractivity (Wildman–Crippen MR) is 120 cm³/mol. The Labute approximate surface area is 183 Å². The third kappa shape index (κ3) is 4.18.